The molecule has 0 spiro atoms. The lowest BCUT2D eigenvalue weighted by molar-refractivity contribution is -0.147. The molecule has 4 heteroatoms. The van der Waals surface area contributed by atoms with Gasteiger partial charge in [-0.2, -0.15) is 11.8 Å². The summed E-state index contributed by atoms with van der Waals surface area (Å²) in [5.41, 5.74) is -0.443. The number of carbonyl (C=O) groups is 1. The molecule has 2 aliphatic rings. The fourth-order valence-corrected chi connectivity index (χ4v) is 4.16. The van der Waals surface area contributed by atoms with Crippen LogP contribution in [0.15, 0.2) is 0 Å². The quantitative estimate of drug-likeness (QED) is 0.749. The molecule has 2 fully saturated rings. The average molecular weight is 243 g/mol. The van der Waals surface area contributed by atoms with Gasteiger partial charge in [-0.05, 0) is 56.1 Å². The Hall–Kier alpha value is -0.220. The number of rotatable bonds is 2. The summed E-state index contributed by atoms with van der Waals surface area (Å²) < 4.78 is 4.87. The van der Waals surface area contributed by atoms with Gasteiger partial charge in [0.25, 0.3) is 0 Å². The van der Waals surface area contributed by atoms with Gasteiger partial charge in [-0.25, -0.2) is 0 Å². The van der Waals surface area contributed by atoms with Gasteiger partial charge in [-0.1, -0.05) is 0 Å². The molecule has 1 N–H and O–H groups in total. The molecule has 0 aliphatic carbocycles. The Bertz CT molecular complexity index is 266. The largest absolute Gasteiger partial charge is 0.468 e. The Balaban J connectivity index is 1.93. The first-order valence-corrected chi connectivity index (χ1v) is 7.22. The van der Waals surface area contributed by atoms with E-state index in [1.807, 2.05) is 6.92 Å². The molecule has 92 valence electrons. The lowest BCUT2D eigenvalue weighted by Crippen LogP contribution is -2.45. The number of thioether (sulfide) groups is 1. The fraction of sp³-hybridized carbons (Fsp3) is 0.917. The van der Waals surface area contributed by atoms with E-state index in [-0.39, 0.29) is 5.97 Å². The third-order valence-electron chi connectivity index (χ3n) is 3.92. The van der Waals surface area contributed by atoms with Gasteiger partial charge < -0.3 is 10.1 Å². The van der Waals surface area contributed by atoms with Crippen LogP contribution in [0.2, 0.25) is 0 Å². The zero-order valence-electron chi connectivity index (χ0n) is 10.1. The monoisotopic (exact) mass is 243 g/mol. The fourth-order valence-electron chi connectivity index (χ4n) is 2.88. The lowest BCUT2D eigenvalue weighted by Gasteiger charge is -2.27. The van der Waals surface area contributed by atoms with Gasteiger partial charge in [0.15, 0.2) is 0 Å². The van der Waals surface area contributed by atoms with E-state index in [0.717, 1.165) is 18.9 Å². The predicted molar refractivity (Wildman–Crippen MR) is 66.6 cm³/mol. The minimum absolute atomic E-state index is 0.113. The average Bonchev–Trinajstić information content (AvgIpc) is 2.73. The van der Waals surface area contributed by atoms with E-state index in [1.54, 1.807) is 0 Å². The summed E-state index contributed by atoms with van der Waals surface area (Å²) >= 11 is 2.06. The maximum Gasteiger partial charge on any atom is 0.325 e. The number of carbonyl (C=O) groups excluding carboxylic acids is 1. The Morgan fingerprint density at radius 1 is 1.50 bits per heavy atom. The Morgan fingerprint density at radius 2 is 2.31 bits per heavy atom. The number of hydrogen-bond acceptors (Lipinski definition) is 4. The van der Waals surface area contributed by atoms with Crippen LogP contribution in [0.25, 0.3) is 0 Å². The van der Waals surface area contributed by atoms with Crippen molar-refractivity contribution in [1.82, 2.24) is 5.32 Å². The van der Waals surface area contributed by atoms with E-state index in [1.165, 1.54) is 31.5 Å². The third-order valence-corrected chi connectivity index (χ3v) is 5.16. The van der Waals surface area contributed by atoms with E-state index in [0.29, 0.717) is 5.92 Å². The smallest absolute Gasteiger partial charge is 0.325 e. The van der Waals surface area contributed by atoms with Crippen molar-refractivity contribution in [3.8, 4) is 0 Å². The molecule has 0 aromatic heterocycles. The highest BCUT2D eigenvalue weighted by atomic mass is 32.2. The second-order valence-electron chi connectivity index (χ2n) is 5.15. The molecule has 0 bridgehead atoms. The van der Waals surface area contributed by atoms with Crippen molar-refractivity contribution in [3.05, 3.63) is 0 Å². The second kappa shape index (κ2) is 4.96. The minimum Gasteiger partial charge on any atom is -0.468 e. The van der Waals surface area contributed by atoms with Gasteiger partial charge in [0.05, 0.1) is 7.11 Å². The molecule has 3 nitrogen and oxygen atoms in total. The van der Waals surface area contributed by atoms with Crippen LogP contribution in [-0.2, 0) is 9.53 Å². The minimum atomic E-state index is -0.443. The van der Waals surface area contributed by atoms with Gasteiger partial charge in [-0.15, -0.1) is 0 Å². The van der Waals surface area contributed by atoms with E-state index in [9.17, 15) is 4.79 Å². The first-order valence-electron chi connectivity index (χ1n) is 6.07. The first kappa shape index (κ1) is 12.2. The maximum atomic E-state index is 11.7. The van der Waals surface area contributed by atoms with Crippen molar-refractivity contribution in [2.75, 3.05) is 25.2 Å². The number of methoxy groups -OCH3 is 1. The normalized spacial score (nSPS) is 39.6. The second-order valence-corrected chi connectivity index (χ2v) is 6.30. The molecule has 3 unspecified atom stereocenters. The van der Waals surface area contributed by atoms with Gasteiger partial charge in [0.1, 0.15) is 5.54 Å². The highest BCUT2D eigenvalue weighted by Crippen LogP contribution is 2.36. The van der Waals surface area contributed by atoms with Gasteiger partial charge in [0.2, 0.25) is 0 Å². The maximum absolute atomic E-state index is 11.7. The van der Waals surface area contributed by atoms with E-state index >= 15 is 0 Å². The Morgan fingerprint density at radius 3 is 2.94 bits per heavy atom. The summed E-state index contributed by atoms with van der Waals surface area (Å²) in [7, 11) is 1.47. The molecule has 0 aromatic rings. The van der Waals surface area contributed by atoms with Gasteiger partial charge >= 0.3 is 5.97 Å². The Kier molecular flexibility index (Phi) is 3.80. The number of esters is 1. The molecule has 0 radical (unpaired) electrons. The van der Waals surface area contributed by atoms with Crippen molar-refractivity contribution in [2.45, 2.75) is 31.7 Å². The molecule has 2 saturated heterocycles. The SMILES string of the molecule is COC(=O)C1(C)CC(C2CCCSC2)CN1. The number of nitrogens with one attached hydrogen (secondary N) is 1. The van der Waals surface area contributed by atoms with Crippen molar-refractivity contribution in [1.29, 1.82) is 0 Å². The Labute approximate surface area is 102 Å². The van der Waals surface area contributed by atoms with Crippen LogP contribution >= 0.6 is 11.8 Å². The zero-order valence-corrected chi connectivity index (χ0v) is 10.9. The highest BCUT2D eigenvalue weighted by Gasteiger charge is 2.44. The number of hydrogen-bond donors (Lipinski definition) is 1. The summed E-state index contributed by atoms with van der Waals surface area (Å²) in [5.74, 6) is 3.90. The van der Waals surface area contributed by atoms with Crippen LogP contribution < -0.4 is 5.32 Å². The lowest BCUT2D eigenvalue weighted by atomic mass is 9.84. The molecule has 0 saturated carbocycles. The van der Waals surface area contributed by atoms with E-state index < -0.39 is 5.54 Å². The summed E-state index contributed by atoms with van der Waals surface area (Å²) in [6, 6.07) is 0. The van der Waals surface area contributed by atoms with E-state index in [2.05, 4.69) is 17.1 Å². The van der Waals surface area contributed by atoms with Gasteiger partial charge in [0, 0.05) is 0 Å². The van der Waals surface area contributed by atoms with Crippen LogP contribution in [0.5, 0.6) is 0 Å². The molecule has 2 heterocycles. The van der Waals surface area contributed by atoms with Crippen LogP contribution in [0.1, 0.15) is 26.2 Å². The molecule has 3 atom stereocenters. The first-order chi connectivity index (χ1) is 7.65. The van der Waals surface area contributed by atoms with Crippen LogP contribution in [0.4, 0.5) is 0 Å². The standard InChI is InChI=1S/C12H21NO2S/c1-12(11(14)15-2)6-10(7-13-12)9-4-3-5-16-8-9/h9-10,13H,3-8H2,1-2H3. The van der Waals surface area contributed by atoms with Crippen molar-refractivity contribution >= 4 is 17.7 Å². The van der Waals surface area contributed by atoms with Crippen LogP contribution in [-0.4, -0.2) is 36.7 Å². The highest BCUT2D eigenvalue weighted by molar-refractivity contribution is 7.99. The van der Waals surface area contributed by atoms with Crippen molar-refractivity contribution in [2.24, 2.45) is 11.8 Å². The molecule has 0 amide bonds. The van der Waals surface area contributed by atoms with Crippen LogP contribution in [0, 0.1) is 11.8 Å². The summed E-state index contributed by atoms with van der Waals surface area (Å²) in [4.78, 5) is 11.7. The molecule has 0 aromatic carbocycles. The predicted octanol–water partition coefficient (Wildman–Crippen LogP) is 1.67. The number of ether oxygens (including phenoxy) is 1. The summed E-state index contributed by atoms with van der Waals surface area (Å²) in [5, 5.41) is 3.35. The van der Waals surface area contributed by atoms with E-state index in [4.69, 9.17) is 4.74 Å². The topological polar surface area (TPSA) is 38.3 Å². The molecular formula is C12H21NO2S. The van der Waals surface area contributed by atoms with Crippen LogP contribution in [0.3, 0.4) is 0 Å². The molecule has 2 rings (SSSR count). The summed E-state index contributed by atoms with van der Waals surface area (Å²) in [6.45, 7) is 2.94. The summed E-state index contributed by atoms with van der Waals surface area (Å²) in [6.07, 6.45) is 3.60. The third kappa shape index (κ3) is 2.38. The molecular weight excluding hydrogens is 222 g/mol. The molecule has 2 aliphatic heterocycles. The zero-order chi connectivity index (χ0) is 11.6. The van der Waals surface area contributed by atoms with Crippen molar-refractivity contribution < 1.29 is 9.53 Å². The van der Waals surface area contributed by atoms with Crippen molar-refractivity contribution in [3.63, 3.8) is 0 Å². The molecule has 16 heavy (non-hydrogen) atoms. The van der Waals surface area contributed by atoms with Gasteiger partial charge in [-0.3, -0.25) is 4.79 Å².